The van der Waals surface area contributed by atoms with Crippen molar-refractivity contribution in [2.45, 2.75) is 50.8 Å². The maximum absolute atomic E-state index is 12.2. The van der Waals surface area contributed by atoms with Gasteiger partial charge >= 0.3 is 0 Å². The number of nitrogens with one attached hydrogen (secondary N) is 1. The molecule has 0 fully saturated rings. The Morgan fingerprint density at radius 2 is 1.86 bits per heavy atom. The highest BCUT2D eigenvalue weighted by atomic mass is 79.9. The van der Waals surface area contributed by atoms with Crippen molar-refractivity contribution in [2.75, 3.05) is 12.3 Å². The van der Waals surface area contributed by atoms with Gasteiger partial charge in [0.2, 0.25) is 10.0 Å². The Bertz CT molecular complexity index is 545. The third kappa shape index (κ3) is 6.80. The zero-order valence-corrected chi connectivity index (χ0v) is 15.1. The lowest BCUT2D eigenvalue weighted by Crippen LogP contribution is -2.25. The largest absolute Gasteiger partial charge is 0.398 e. The minimum atomic E-state index is -3.52. The lowest BCUT2D eigenvalue weighted by molar-refractivity contribution is 0.517. The fourth-order valence-electron chi connectivity index (χ4n) is 2.06. The zero-order valence-electron chi connectivity index (χ0n) is 12.7. The van der Waals surface area contributed by atoms with E-state index in [0.717, 1.165) is 25.2 Å². The summed E-state index contributed by atoms with van der Waals surface area (Å²) in [7, 11) is -3.52. The molecule has 0 aromatic heterocycles. The van der Waals surface area contributed by atoms with Crippen LogP contribution in [0.3, 0.4) is 0 Å². The molecule has 0 radical (unpaired) electrons. The molecule has 3 N–H and O–H groups in total. The van der Waals surface area contributed by atoms with E-state index in [9.17, 15) is 8.42 Å². The van der Waals surface area contributed by atoms with Crippen LogP contribution in [0.2, 0.25) is 0 Å². The number of rotatable bonds is 9. The third-order valence-electron chi connectivity index (χ3n) is 3.27. The van der Waals surface area contributed by atoms with E-state index in [2.05, 4.69) is 34.5 Å². The predicted octanol–water partition coefficient (Wildman–Crippen LogP) is 3.92. The van der Waals surface area contributed by atoms with Crippen molar-refractivity contribution >= 4 is 31.6 Å². The van der Waals surface area contributed by atoms with Gasteiger partial charge in [-0.1, -0.05) is 55.5 Å². The second kappa shape index (κ2) is 8.76. The Hall–Kier alpha value is -0.590. The maximum atomic E-state index is 12.2. The van der Waals surface area contributed by atoms with E-state index in [1.54, 1.807) is 12.1 Å². The van der Waals surface area contributed by atoms with Gasteiger partial charge < -0.3 is 5.73 Å². The summed E-state index contributed by atoms with van der Waals surface area (Å²) < 4.78 is 27.7. The SMILES string of the molecule is CC(C)CCCCCCNS(=O)(=O)c1cc(Br)ccc1N. The minimum absolute atomic E-state index is 0.136. The molecule has 0 atom stereocenters. The van der Waals surface area contributed by atoms with Gasteiger partial charge in [0.1, 0.15) is 4.90 Å². The molecule has 0 saturated carbocycles. The summed E-state index contributed by atoms with van der Waals surface area (Å²) in [5.74, 6) is 0.739. The van der Waals surface area contributed by atoms with Crippen LogP contribution in [0, 0.1) is 5.92 Å². The van der Waals surface area contributed by atoms with Crippen LogP contribution in [0.15, 0.2) is 27.6 Å². The molecule has 0 aliphatic heterocycles. The fraction of sp³-hybridized carbons (Fsp3) is 0.600. The Morgan fingerprint density at radius 3 is 2.52 bits per heavy atom. The van der Waals surface area contributed by atoms with E-state index in [4.69, 9.17) is 5.73 Å². The predicted molar refractivity (Wildman–Crippen MR) is 91.7 cm³/mol. The summed E-state index contributed by atoms with van der Waals surface area (Å²) in [6.07, 6.45) is 5.50. The van der Waals surface area contributed by atoms with E-state index in [1.165, 1.54) is 18.9 Å². The van der Waals surface area contributed by atoms with Gasteiger partial charge in [-0.15, -0.1) is 0 Å². The number of nitrogens with two attached hydrogens (primary N) is 1. The van der Waals surface area contributed by atoms with Crippen LogP contribution in [-0.4, -0.2) is 15.0 Å². The normalized spacial score (nSPS) is 12.0. The number of benzene rings is 1. The summed E-state index contributed by atoms with van der Waals surface area (Å²) in [5, 5.41) is 0. The Morgan fingerprint density at radius 1 is 1.19 bits per heavy atom. The van der Waals surface area contributed by atoms with Crippen LogP contribution in [-0.2, 0) is 10.0 Å². The number of nitrogen functional groups attached to an aromatic ring is 1. The molecule has 0 saturated heterocycles. The average molecular weight is 377 g/mol. The average Bonchev–Trinajstić information content (AvgIpc) is 2.40. The number of anilines is 1. The molecule has 0 spiro atoms. The molecule has 0 bridgehead atoms. The van der Waals surface area contributed by atoms with Crippen molar-refractivity contribution < 1.29 is 8.42 Å². The molecule has 21 heavy (non-hydrogen) atoms. The van der Waals surface area contributed by atoms with Crippen LogP contribution in [0.25, 0.3) is 0 Å². The van der Waals surface area contributed by atoms with Gasteiger partial charge in [0.05, 0.1) is 5.69 Å². The summed E-state index contributed by atoms with van der Waals surface area (Å²) in [4.78, 5) is 0.136. The molecular formula is C15H25BrN2O2S. The van der Waals surface area contributed by atoms with Crippen molar-refractivity contribution in [2.24, 2.45) is 5.92 Å². The molecule has 1 aromatic rings. The van der Waals surface area contributed by atoms with Crippen LogP contribution >= 0.6 is 15.9 Å². The summed E-state index contributed by atoms with van der Waals surface area (Å²) >= 11 is 3.26. The van der Waals surface area contributed by atoms with Crippen molar-refractivity contribution in [3.05, 3.63) is 22.7 Å². The van der Waals surface area contributed by atoms with Crippen LogP contribution in [0.4, 0.5) is 5.69 Å². The summed E-state index contributed by atoms with van der Waals surface area (Å²) in [6, 6.07) is 4.84. The van der Waals surface area contributed by atoms with E-state index >= 15 is 0 Å². The smallest absolute Gasteiger partial charge is 0.242 e. The highest BCUT2D eigenvalue weighted by Gasteiger charge is 2.16. The molecule has 1 rings (SSSR count). The van der Waals surface area contributed by atoms with E-state index in [-0.39, 0.29) is 10.6 Å². The molecule has 120 valence electrons. The first-order chi connectivity index (χ1) is 9.83. The molecule has 4 nitrogen and oxygen atoms in total. The number of hydrogen-bond acceptors (Lipinski definition) is 3. The van der Waals surface area contributed by atoms with Crippen molar-refractivity contribution in [1.82, 2.24) is 4.72 Å². The lowest BCUT2D eigenvalue weighted by Gasteiger charge is -2.09. The van der Waals surface area contributed by atoms with Gasteiger partial charge in [-0.2, -0.15) is 0 Å². The number of halogens is 1. The topological polar surface area (TPSA) is 72.2 Å². The molecule has 0 aliphatic carbocycles. The monoisotopic (exact) mass is 376 g/mol. The van der Waals surface area contributed by atoms with Crippen LogP contribution in [0.5, 0.6) is 0 Å². The highest BCUT2D eigenvalue weighted by molar-refractivity contribution is 9.10. The van der Waals surface area contributed by atoms with Gasteiger partial charge in [-0.05, 0) is 30.5 Å². The fourth-order valence-corrected chi connectivity index (χ4v) is 3.80. The second-order valence-corrected chi connectivity index (χ2v) is 8.33. The lowest BCUT2D eigenvalue weighted by atomic mass is 10.0. The molecule has 0 heterocycles. The van der Waals surface area contributed by atoms with E-state index < -0.39 is 10.0 Å². The van der Waals surface area contributed by atoms with Crippen molar-refractivity contribution in [3.8, 4) is 0 Å². The maximum Gasteiger partial charge on any atom is 0.242 e. The zero-order chi connectivity index (χ0) is 15.9. The van der Waals surface area contributed by atoms with E-state index in [1.807, 2.05) is 0 Å². The van der Waals surface area contributed by atoms with Gasteiger partial charge in [0.25, 0.3) is 0 Å². The van der Waals surface area contributed by atoms with E-state index in [0.29, 0.717) is 11.0 Å². The quantitative estimate of drug-likeness (QED) is 0.506. The third-order valence-corrected chi connectivity index (χ3v) is 5.28. The second-order valence-electron chi connectivity index (χ2n) is 5.68. The standard InChI is InChI=1S/C15H25BrN2O2S/c1-12(2)7-5-3-4-6-10-18-21(19,20)15-11-13(16)8-9-14(15)17/h8-9,11-12,18H,3-7,10,17H2,1-2H3. The molecule has 0 aliphatic rings. The molecule has 1 aromatic carbocycles. The van der Waals surface area contributed by atoms with Crippen LogP contribution in [0.1, 0.15) is 46.0 Å². The molecule has 0 amide bonds. The summed E-state index contributed by atoms with van der Waals surface area (Å²) in [6.45, 7) is 4.89. The van der Waals surface area contributed by atoms with Gasteiger partial charge in [0, 0.05) is 11.0 Å². The summed E-state index contributed by atoms with van der Waals surface area (Å²) in [5.41, 5.74) is 6.00. The number of unbranched alkanes of at least 4 members (excludes halogenated alkanes) is 3. The highest BCUT2D eigenvalue weighted by Crippen LogP contribution is 2.22. The Labute approximate surface area is 136 Å². The molecule has 0 unspecified atom stereocenters. The van der Waals surface area contributed by atoms with Gasteiger partial charge in [-0.25, -0.2) is 13.1 Å². The number of sulfonamides is 1. The minimum Gasteiger partial charge on any atom is -0.398 e. The van der Waals surface area contributed by atoms with Gasteiger partial charge in [-0.3, -0.25) is 0 Å². The Balaban J connectivity index is 2.38. The molecular weight excluding hydrogens is 352 g/mol. The first kappa shape index (κ1) is 18.5. The van der Waals surface area contributed by atoms with Crippen LogP contribution < -0.4 is 10.5 Å². The molecule has 6 heteroatoms. The Kier molecular flexibility index (Phi) is 7.70. The first-order valence-electron chi connectivity index (χ1n) is 7.37. The first-order valence-corrected chi connectivity index (χ1v) is 9.65. The number of hydrogen-bond donors (Lipinski definition) is 2. The van der Waals surface area contributed by atoms with Gasteiger partial charge in [0.15, 0.2) is 0 Å². The van der Waals surface area contributed by atoms with Crippen molar-refractivity contribution in [1.29, 1.82) is 0 Å². The van der Waals surface area contributed by atoms with Crippen molar-refractivity contribution in [3.63, 3.8) is 0 Å².